The Bertz CT molecular complexity index is 313. The van der Waals surface area contributed by atoms with Gasteiger partial charge in [-0.25, -0.2) is 0 Å². The highest BCUT2D eigenvalue weighted by molar-refractivity contribution is 5.51. The summed E-state index contributed by atoms with van der Waals surface area (Å²) in [6, 6.07) is 7.27. The molecule has 96 valence electrons. The summed E-state index contributed by atoms with van der Waals surface area (Å²) in [4.78, 5) is 0. The SMILES string of the molecule is CCCCC(N)C(O)CNc1ccc(N)cc1. The lowest BCUT2D eigenvalue weighted by Crippen LogP contribution is -2.39. The molecule has 2 atom stereocenters. The predicted octanol–water partition coefficient (Wildman–Crippen LogP) is 1.56. The number of hydrogen-bond donors (Lipinski definition) is 4. The van der Waals surface area contributed by atoms with Crippen molar-refractivity contribution < 1.29 is 5.11 Å². The smallest absolute Gasteiger partial charge is 0.0863 e. The zero-order valence-electron chi connectivity index (χ0n) is 10.4. The second-order valence-electron chi connectivity index (χ2n) is 4.38. The first-order valence-electron chi connectivity index (χ1n) is 6.16. The number of benzene rings is 1. The maximum absolute atomic E-state index is 9.85. The molecule has 0 aliphatic rings. The first-order chi connectivity index (χ1) is 8.13. The van der Waals surface area contributed by atoms with Crippen molar-refractivity contribution in [2.75, 3.05) is 17.6 Å². The van der Waals surface area contributed by atoms with Crippen LogP contribution in [0.1, 0.15) is 26.2 Å². The van der Waals surface area contributed by atoms with Gasteiger partial charge < -0.3 is 21.9 Å². The number of nitrogens with one attached hydrogen (secondary N) is 1. The number of hydrogen-bond acceptors (Lipinski definition) is 4. The number of nitrogen functional groups attached to an aromatic ring is 1. The molecule has 0 heterocycles. The van der Waals surface area contributed by atoms with Gasteiger partial charge in [0.1, 0.15) is 0 Å². The number of rotatable bonds is 7. The third-order valence-electron chi connectivity index (χ3n) is 2.81. The molecule has 1 aromatic carbocycles. The van der Waals surface area contributed by atoms with Crippen LogP contribution in [0, 0.1) is 0 Å². The highest BCUT2D eigenvalue weighted by atomic mass is 16.3. The van der Waals surface area contributed by atoms with Crippen molar-refractivity contribution in [1.29, 1.82) is 0 Å². The van der Waals surface area contributed by atoms with Crippen LogP contribution in [0.5, 0.6) is 0 Å². The fourth-order valence-electron chi connectivity index (χ4n) is 1.61. The zero-order chi connectivity index (χ0) is 12.7. The van der Waals surface area contributed by atoms with Gasteiger partial charge in [-0.15, -0.1) is 0 Å². The van der Waals surface area contributed by atoms with Crippen molar-refractivity contribution >= 4 is 11.4 Å². The maximum Gasteiger partial charge on any atom is 0.0863 e. The van der Waals surface area contributed by atoms with Gasteiger partial charge >= 0.3 is 0 Å². The summed E-state index contributed by atoms with van der Waals surface area (Å²) in [6.07, 6.45) is 2.51. The third-order valence-corrected chi connectivity index (χ3v) is 2.81. The largest absolute Gasteiger partial charge is 0.399 e. The summed E-state index contributed by atoms with van der Waals surface area (Å²) in [5, 5.41) is 13.0. The van der Waals surface area contributed by atoms with Crippen molar-refractivity contribution in [2.45, 2.75) is 38.3 Å². The summed E-state index contributed by atoms with van der Waals surface area (Å²) in [5.41, 5.74) is 13.1. The Kier molecular flexibility index (Phi) is 5.80. The molecule has 0 aliphatic carbocycles. The topological polar surface area (TPSA) is 84.3 Å². The molecule has 1 aromatic rings. The van der Waals surface area contributed by atoms with Crippen molar-refractivity contribution in [1.82, 2.24) is 0 Å². The van der Waals surface area contributed by atoms with E-state index in [9.17, 15) is 5.11 Å². The van der Waals surface area contributed by atoms with E-state index in [0.29, 0.717) is 6.54 Å². The van der Waals surface area contributed by atoms with E-state index in [4.69, 9.17) is 11.5 Å². The highest BCUT2D eigenvalue weighted by Crippen LogP contribution is 2.11. The third kappa shape index (κ3) is 5.06. The number of anilines is 2. The summed E-state index contributed by atoms with van der Waals surface area (Å²) in [7, 11) is 0. The Morgan fingerprint density at radius 3 is 2.53 bits per heavy atom. The van der Waals surface area contributed by atoms with E-state index >= 15 is 0 Å². The minimum Gasteiger partial charge on any atom is -0.399 e. The Morgan fingerprint density at radius 2 is 1.94 bits per heavy atom. The van der Waals surface area contributed by atoms with Crippen LogP contribution in [0.3, 0.4) is 0 Å². The van der Waals surface area contributed by atoms with E-state index in [1.165, 1.54) is 0 Å². The molecule has 0 aliphatic heterocycles. The quantitative estimate of drug-likeness (QED) is 0.542. The molecule has 0 bridgehead atoms. The average molecular weight is 237 g/mol. The van der Waals surface area contributed by atoms with E-state index in [-0.39, 0.29) is 6.04 Å². The van der Waals surface area contributed by atoms with Crippen LogP contribution < -0.4 is 16.8 Å². The molecule has 0 fully saturated rings. The Labute approximate surface area is 103 Å². The standard InChI is InChI=1S/C13H23N3O/c1-2-3-4-12(15)13(17)9-16-11-7-5-10(14)6-8-11/h5-8,12-13,16-17H,2-4,9,14-15H2,1H3. The van der Waals surface area contributed by atoms with E-state index in [1.54, 1.807) is 0 Å². The Balaban J connectivity index is 2.32. The fourth-order valence-corrected chi connectivity index (χ4v) is 1.61. The van der Waals surface area contributed by atoms with E-state index in [0.717, 1.165) is 30.6 Å². The molecule has 2 unspecified atom stereocenters. The van der Waals surface area contributed by atoms with Gasteiger partial charge in [0.05, 0.1) is 6.10 Å². The second-order valence-corrected chi connectivity index (χ2v) is 4.38. The molecule has 0 radical (unpaired) electrons. The van der Waals surface area contributed by atoms with E-state index < -0.39 is 6.10 Å². The van der Waals surface area contributed by atoms with Crippen LogP contribution in [-0.4, -0.2) is 23.8 Å². The van der Waals surface area contributed by atoms with Crippen molar-refractivity contribution in [3.8, 4) is 0 Å². The van der Waals surface area contributed by atoms with Crippen LogP contribution in [0.2, 0.25) is 0 Å². The summed E-state index contributed by atoms with van der Waals surface area (Å²) >= 11 is 0. The lowest BCUT2D eigenvalue weighted by Gasteiger charge is -2.19. The first-order valence-corrected chi connectivity index (χ1v) is 6.16. The molecule has 4 heteroatoms. The van der Waals surface area contributed by atoms with E-state index in [1.807, 2.05) is 24.3 Å². The van der Waals surface area contributed by atoms with Crippen LogP contribution in [0.4, 0.5) is 11.4 Å². The van der Waals surface area contributed by atoms with Gasteiger partial charge in [0.15, 0.2) is 0 Å². The zero-order valence-corrected chi connectivity index (χ0v) is 10.4. The van der Waals surface area contributed by atoms with Crippen LogP contribution >= 0.6 is 0 Å². The van der Waals surface area contributed by atoms with Gasteiger partial charge in [0.25, 0.3) is 0 Å². The number of unbranched alkanes of at least 4 members (excludes halogenated alkanes) is 1. The molecule has 0 saturated heterocycles. The monoisotopic (exact) mass is 237 g/mol. The second kappa shape index (κ2) is 7.14. The van der Waals surface area contributed by atoms with Gasteiger partial charge in [-0.1, -0.05) is 19.8 Å². The predicted molar refractivity (Wildman–Crippen MR) is 72.9 cm³/mol. The summed E-state index contributed by atoms with van der Waals surface area (Å²) in [5.74, 6) is 0. The molecule has 0 saturated carbocycles. The van der Waals surface area contributed by atoms with Gasteiger partial charge in [-0.05, 0) is 30.7 Å². The van der Waals surface area contributed by atoms with Crippen molar-refractivity contribution in [2.24, 2.45) is 5.73 Å². The Hall–Kier alpha value is -1.26. The van der Waals surface area contributed by atoms with Gasteiger partial charge in [0.2, 0.25) is 0 Å². The van der Waals surface area contributed by atoms with Crippen LogP contribution in [0.25, 0.3) is 0 Å². The molecule has 0 spiro atoms. The lowest BCUT2D eigenvalue weighted by atomic mass is 10.1. The minimum absolute atomic E-state index is 0.156. The van der Waals surface area contributed by atoms with Gasteiger partial charge in [-0.2, -0.15) is 0 Å². The van der Waals surface area contributed by atoms with Crippen molar-refractivity contribution in [3.05, 3.63) is 24.3 Å². The molecule has 0 amide bonds. The number of aliphatic hydroxyl groups is 1. The molecule has 6 N–H and O–H groups in total. The first kappa shape index (κ1) is 13.8. The van der Waals surface area contributed by atoms with Crippen LogP contribution in [0.15, 0.2) is 24.3 Å². The molecule has 1 rings (SSSR count). The molecular weight excluding hydrogens is 214 g/mol. The fraction of sp³-hybridized carbons (Fsp3) is 0.538. The summed E-state index contributed by atoms with van der Waals surface area (Å²) in [6.45, 7) is 2.58. The lowest BCUT2D eigenvalue weighted by molar-refractivity contribution is 0.151. The van der Waals surface area contributed by atoms with Crippen LogP contribution in [-0.2, 0) is 0 Å². The molecular formula is C13H23N3O. The van der Waals surface area contributed by atoms with Gasteiger partial charge in [-0.3, -0.25) is 0 Å². The van der Waals surface area contributed by atoms with Crippen molar-refractivity contribution in [3.63, 3.8) is 0 Å². The number of aliphatic hydroxyl groups excluding tert-OH is 1. The summed E-state index contributed by atoms with van der Waals surface area (Å²) < 4.78 is 0. The number of nitrogens with two attached hydrogens (primary N) is 2. The average Bonchev–Trinajstić information content (AvgIpc) is 2.34. The highest BCUT2D eigenvalue weighted by Gasteiger charge is 2.13. The van der Waals surface area contributed by atoms with Gasteiger partial charge in [0, 0.05) is 24.0 Å². The molecule has 0 aromatic heterocycles. The molecule has 4 nitrogen and oxygen atoms in total. The Morgan fingerprint density at radius 1 is 1.29 bits per heavy atom. The molecule has 17 heavy (non-hydrogen) atoms. The normalized spacial score (nSPS) is 14.3. The minimum atomic E-state index is -0.515. The maximum atomic E-state index is 9.85. The van der Waals surface area contributed by atoms with E-state index in [2.05, 4.69) is 12.2 Å².